The first-order chi connectivity index (χ1) is 11.8. The van der Waals surface area contributed by atoms with Gasteiger partial charge >= 0.3 is 6.03 Å². The smallest absolute Gasteiger partial charge is 0.315 e. The van der Waals surface area contributed by atoms with Crippen LogP contribution in [0.2, 0.25) is 0 Å². The Bertz CT molecular complexity index is 786. The van der Waals surface area contributed by atoms with Crippen LogP contribution in [-0.4, -0.2) is 27.9 Å². The van der Waals surface area contributed by atoms with Crippen LogP contribution in [0.1, 0.15) is 41.8 Å². The fraction of sp³-hybridized carbons (Fsp3) is 0.474. The van der Waals surface area contributed by atoms with Gasteiger partial charge in [-0.15, -0.1) is 0 Å². The maximum atomic E-state index is 13.3. The van der Waals surface area contributed by atoms with Gasteiger partial charge in [0.05, 0.1) is 5.69 Å². The molecular formula is C19H25FN4O. The van der Waals surface area contributed by atoms with E-state index in [9.17, 15) is 9.18 Å². The van der Waals surface area contributed by atoms with E-state index in [1.54, 1.807) is 12.1 Å². The van der Waals surface area contributed by atoms with E-state index in [1.807, 2.05) is 38.6 Å². The van der Waals surface area contributed by atoms with Gasteiger partial charge in [-0.1, -0.05) is 12.1 Å². The average molecular weight is 344 g/mol. The maximum absolute atomic E-state index is 13.3. The number of hydrogen-bond acceptors (Lipinski definition) is 2. The predicted octanol–water partition coefficient (Wildman–Crippen LogP) is 2.96. The van der Waals surface area contributed by atoms with Crippen molar-refractivity contribution in [1.82, 2.24) is 20.4 Å². The molecule has 6 heteroatoms. The SMILES string of the molecule is Cc1nn(C)c(C)c1C[C@@H](C)NC(=O)N[C@@H]1C[C@H]1c1cccc(F)c1. The molecule has 0 saturated heterocycles. The van der Waals surface area contributed by atoms with Crippen molar-refractivity contribution in [3.05, 3.63) is 52.6 Å². The minimum atomic E-state index is -0.233. The summed E-state index contributed by atoms with van der Waals surface area (Å²) in [5.74, 6) is -0.0250. The van der Waals surface area contributed by atoms with Crippen LogP contribution in [0.25, 0.3) is 0 Å². The number of carbonyl (C=O) groups is 1. The van der Waals surface area contributed by atoms with E-state index in [2.05, 4.69) is 15.7 Å². The highest BCUT2D eigenvalue weighted by Crippen LogP contribution is 2.40. The zero-order valence-electron chi connectivity index (χ0n) is 15.1. The molecule has 0 radical (unpaired) electrons. The fourth-order valence-corrected chi connectivity index (χ4v) is 3.36. The molecule has 2 aromatic rings. The van der Waals surface area contributed by atoms with Gasteiger partial charge in [-0.2, -0.15) is 5.10 Å². The van der Waals surface area contributed by atoms with E-state index in [0.717, 1.165) is 29.8 Å². The largest absolute Gasteiger partial charge is 0.335 e. The number of aryl methyl sites for hydroxylation is 2. The topological polar surface area (TPSA) is 59.0 Å². The molecule has 1 aliphatic rings. The van der Waals surface area contributed by atoms with Crippen LogP contribution in [0.3, 0.4) is 0 Å². The molecule has 3 rings (SSSR count). The Balaban J connectivity index is 1.50. The third-order valence-corrected chi connectivity index (χ3v) is 4.93. The molecule has 1 aromatic heterocycles. The Hall–Kier alpha value is -2.37. The molecule has 2 amide bonds. The van der Waals surface area contributed by atoms with Gasteiger partial charge in [0, 0.05) is 30.7 Å². The summed E-state index contributed by atoms with van der Waals surface area (Å²) in [6, 6.07) is 6.51. The Morgan fingerprint density at radius 3 is 2.84 bits per heavy atom. The molecule has 3 atom stereocenters. The molecule has 0 unspecified atom stereocenters. The van der Waals surface area contributed by atoms with Crippen molar-refractivity contribution in [3.63, 3.8) is 0 Å². The Morgan fingerprint density at radius 2 is 2.20 bits per heavy atom. The molecule has 1 saturated carbocycles. The van der Waals surface area contributed by atoms with Crippen molar-refractivity contribution in [3.8, 4) is 0 Å². The summed E-state index contributed by atoms with van der Waals surface area (Å²) in [6.07, 6.45) is 1.60. The van der Waals surface area contributed by atoms with E-state index in [0.29, 0.717) is 0 Å². The number of halogens is 1. The molecule has 5 nitrogen and oxygen atoms in total. The number of nitrogens with zero attached hydrogens (tertiary/aromatic N) is 2. The molecule has 1 aliphatic carbocycles. The van der Waals surface area contributed by atoms with Crippen molar-refractivity contribution in [2.24, 2.45) is 7.05 Å². The lowest BCUT2D eigenvalue weighted by Crippen LogP contribution is -2.43. The number of aromatic nitrogens is 2. The lowest BCUT2D eigenvalue weighted by atomic mass is 10.1. The molecule has 0 spiro atoms. The molecule has 0 bridgehead atoms. The fourth-order valence-electron chi connectivity index (χ4n) is 3.36. The summed E-state index contributed by atoms with van der Waals surface area (Å²) in [5.41, 5.74) is 4.25. The molecule has 25 heavy (non-hydrogen) atoms. The molecule has 0 aliphatic heterocycles. The average Bonchev–Trinajstić information content (AvgIpc) is 3.25. The molecule has 134 valence electrons. The number of amides is 2. The van der Waals surface area contributed by atoms with Gasteiger partial charge < -0.3 is 10.6 Å². The number of rotatable bonds is 5. The number of benzene rings is 1. The van der Waals surface area contributed by atoms with E-state index >= 15 is 0 Å². The first-order valence-electron chi connectivity index (χ1n) is 8.66. The zero-order valence-corrected chi connectivity index (χ0v) is 15.1. The van der Waals surface area contributed by atoms with Gasteiger partial charge in [-0.3, -0.25) is 4.68 Å². The third kappa shape index (κ3) is 4.00. The van der Waals surface area contributed by atoms with Crippen LogP contribution in [0.5, 0.6) is 0 Å². The molecule has 2 N–H and O–H groups in total. The van der Waals surface area contributed by atoms with Crippen molar-refractivity contribution in [2.45, 2.75) is 51.6 Å². The first kappa shape index (κ1) is 17.5. The summed E-state index contributed by atoms with van der Waals surface area (Å²) in [5, 5.41) is 10.4. The summed E-state index contributed by atoms with van der Waals surface area (Å²) in [6.45, 7) is 6.02. The number of hydrogen-bond donors (Lipinski definition) is 2. The second-order valence-corrected chi connectivity index (χ2v) is 7.00. The van der Waals surface area contributed by atoms with E-state index in [4.69, 9.17) is 0 Å². The molecule has 1 heterocycles. The van der Waals surface area contributed by atoms with Gasteiger partial charge in [-0.05, 0) is 56.9 Å². The van der Waals surface area contributed by atoms with Crippen LogP contribution in [0, 0.1) is 19.7 Å². The Labute approximate surface area is 147 Å². The van der Waals surface area contributed by atoms with Gasteiger partial charge in [0.2, 0.25) is 0 Å². The summed E-state index contributed by atoms with van der Waals surface area (Å²) < 4.78 is 15.2. The first-order valence-corrected chi connectivity index (χ1v) is 8.66. The van der Waals surface area contributed by atoms with Gasteiger partial charge in [0.15, 0.2) is 0 Å². The van der Waals surface area contributed by atoms with E-state index in [-0.39, 0.29) is 29.8 Å². The van der Waals surface area contributed by atoms with Gasteiger partial charge in [0.25, 0.3) is 0 Å². The van der Waals surface area contributed by atoms with Crippen LogP contribution in [0.15, 0.2) is 24.3 Å². The maximum Gasteiger partial charge on any atom is 0.315 e. The second kappa shape index (κ2) is 6.86. The van der Waals surface area contributed by atoms with Crippen molar-refractivity contribution >= 4 is 6.03 Å². The Kier molecular flexibility index (Phi) is 4.79. The normalized spacial score (nSPS) is 20.2. The summed E-state index contributed by atoms with van der Waals surface area (Å²) >= 11 is 0. The van der Waals surface area contributed by atoms with Crippen molar-refractivity contribution < 1.29 is 9.18 Å². The standard InChI is InChI=1S/C19H25FN4O/c1-11(8-16-12(2)23-24(4)13(16)3)21-19(25)22-18-10-17(18)14-6-5-7-15(20)9-14/h5-7,9,11,17-18H,8,10H2,1-4H3,(H2,21,22,25)/t11-,17+,18-/m1/s1. The van der Waals surface area contributed by atoms with Gasteiger partial charge in [-0.25, -0.2) is 9.18 Å². The van der Waals surface area contributed by atoms with Crippen LogP contribution in [0.4, 0.5) is 9.18 Å². The van der Waals surface area contributed by atoms with Crippen molar-refractivity contribution in [1.29, 1.82) is 0 Å². The minimum absolute atomic E-state index is 0.00738. The van der Waals surface area contributed by atoms with Crippen LogP contribution >= 0.6 is 0 Å². The lowest BCUT2D eigenvalue weighted by molar-refractivity contribution is 0.237. The van der Waals surface area contributed by atoms with Gasteiger partial charge in [0.1, 0.15) is 5.82 Å². The highest BCUT2D eigenvalue weighted by atomic mass is 19.1. The predicted molar refractivity (Wildman–Crippen MR) is 95.1 cm³/mol. The Morgan fingerprint density at radius 1 is 1.44 bits per heavy atom. The summed E-state index contributed by atoms with van der Waals surface area (Å²) in [4.78, 5) is 12.2. The minimum Gasteiger partial charge on any atom is -0.335 e. The number of urea groups is 1. The quantitative estimate of drug-likeness (QED) is 0.876. The van der Waals surface area contributed by atoms with Crippen molar-refractivity contribution in [2.75, 3.05) is 0 Å². The molecule has 1 fully saturated rings. The third-order valence-electron chi connectivity index (χ3n) is 4.93. The monoisotopic (exact) mass is 344 g/mol. The van der Waals surface area contributed by atoms with Crippen LogP contribution in [-0.2, 0) is 13.5 Å². The van der Waals surface area contributed by atoms with E-state index in [1.165, 1.54) is 11.6 Å². The lowest BCUT2D eigenvalue weighted by Gasteiger charge is -2.15. The second-order valence-electron chi connectivity index (χ2n) is 7.00. The highest BCUT2D eigenvalue weighted by molar-refractivity contribution is 5.75. The summed E-state index contributed by atoms with van der Waals surface area (Å²) in [7, 11) is 1.93. The number of nitrogens with one attached hydrogen (secondary N) is 2. The number of carbonyl (C=O) groups excluding carboxylic acids is 1. The molecule has 1 aromatic carbocycles. The zero-order chi connectivity index (χ0) is 18.1. The van der Waals surface area contributed by atoms with E-state index < -0.39 is 0 Å². The molecular weight excluding hydrogens is 319 g/mol. The van der Waals surface area contributed by atoms with Crippen LogP contribution < -0.4 is 10.6 Å². The highest BCUT2D eigenvalue weighted by Gasteiger charge is 2.39.